The number of hydrogen-bond acceptors (Lipinski definition) is 3. The zero-order chi connectivity index (χ0) is 20.5. The van der Waals surface area contributed by atoms with Crippen molar-refractivity contribution in [2.24, 2.45) is 0 Å². The number of alkyl halides is 3. The number of halogens is 5. The van der Waals surface area contributed by atoms with Crippen molar-refractivity contribution >= 4 is 39.3 Å². The second-order valence-corrected chi connectivity index (χ2v) is 7.21. The van der Waals surface area contributed by atoms with Crippen LogP contribution < -0.4 is 5.32 Å². The van der Waals surface area contributed by atoms with Crippen LogP contribution in [0.25, 0.3) is 0 Å². The number of carbonyl (C=O) groups excluding carboxylic acids is 1. The summed E-state index contributed by atoms with van der Waals surface area (Å²) in [7, 11) is 0. The molecule has 0 aliphatic rings. The minimum atomic E-state index is -4.61. The predicted molar refractivity (Wildman–Crippen MR) is 101 cm³/mol. The molecule has 0 spiro atoms. The van der Waals surface area contributed by atoms with Crippen molar-refractivity contribution in [1.82, 2.24) is 19.6 Å². The first-order valence-electron chi connectivity index (χ1n) is 8.01. The summed E-state index contributed by atoms with van der Waals surface area (Å²) in [5, 5.41) is 10.9. The third-order valence-corrected chi connectivity index (χ3v) is 5.06. The summed E-state index contributed by atoms with van der Waals surface area (Å²) in [6.45, 7) is 1.55. The molecule has 1 amide bonds. The number of hydrogen-bond donors (Lipinski definition) is 1. The SMILES string of the molecule is Cc1c(Br)c(C(F)(F)F)nn1CC(=O)Nc1ccn(Cc2ccc(Cl)cc2)n1. The highest BCUT2D eigenvalue weighted by Crippen LogP contribution is 2.35. The van der Waals surface area contributed by atoms with Crippen LogP contribution in [0.4, 0.5) is 19.0 Å². The van der Waals surface area contributed by atoms with E-state index in [-0.39, 0.29) is 16.7 Å². The van der Waals surface area contributed by atoms with Gasteiger partial charge in [-0.05, 0) is 40.5 Å². The first-order valence-corrected chi connectivity index (χ1v) is 9.18. The van der Waals surface area contributed by atoms with Crippen LogP contribution in [0.2, 0.25) is 5.02 Å². The van der Waals surface area contributed by atoms with Crippen molar-refractivity contribution in [3.05, 3.63) is 63.0 Å². The van der Waals surface area contributed by atoms with Crippen LogP contribution >= 0.6 is 27.5 Å². The van der Waals surface area contributed by atoms with E-state index in [1.165, 1.54) is 6.92 Å². The molecule has 2 aromatic heterocycles. The van der Waals surface area contributed by atoms with Gasteiger partial charge in [0.25, 0.3) is 0 Å². The van der Waals surface area contributed by atoms with Gasteiger partial charge in [0, 0.05) is 17.3 Å². The Balaban J connectivity index is 1.64. The Morgan fingerprint density at radius 3 is 2.50 bits per heavy atom. The highest BCUT2D eigenvalue weighted by molar-refractivity contribution is 9.10. The number of nitrogens with zero attached hydrogens (tertiary/aromatic N) is 4. The molecule has 3 aromatic rings. The minimum Gasteiger partial charge on any atom is -0.308 e. The van der Waals surface area contributed by atoms with Crippen LogP contribution in [0.15, 0.2) is 41.0 Å². The van der Waals surface area contributed by atoms with Crippen molar-refractivity contribution in [1.29, 1.82) is 0 Å². The molecule has 1 aromatic carbocycles. The Bertz CT molecular complexity index is 997. The smallest absolute Gasteiger partial charge is 0.308 e. The highest BCUT2D eigenvalue weighted by atomic mass is 79.9. The highest BCUT2D eigenvalue weighted by Gasteiger charge is 2.38. The number of benzene rings is 1. The zero-order valence-corrected chi connectivity index (χ0v) is 16.8. The lowest BCUT2D eigenvalue weighted by Gasteiger charge is -2.05. The molecule has 6 nitrogen and oxygen atoms in total. The summed E-state index contributed by atoms with van der Waals surface area (Å²) in [6, 6.07) is 8.85. The van der Waals surface area contributed by atoms with E-state index >= 15 is 0 Å². The van der Waals surface area contributed by atoms with Gasteiger partial charge in [-0.1, -0.05) is 23.7 Å². The van der Waals surface area contributed by atoms with E-state index in [9.17, 15) is 18.0 Å². The monoisotopic (exact) mass is 475 g/mol. The molecule has 28 heavy (non-hydrogen) atoms. The fraction of sp³-hybridized carbons (Fsp3) is 0.235. The molecule has 0 atom stereocenters. The van der Waals surface area contributed by atoms with Crippen molar-refractivity contribution in [2.45, 2.75) is 26.2 Å². The van der Waals surface area contributed by atoms with E-state index in [1.807, 2.05) is 12.1 Å². The van der Waals surface area contributed by atoms with Crippen LogP contribution in [0.1, 0.15) is 17.0 Å². The summed E-state index contributed by atoms with van der Waals surface area (Å²) >= 11 is 8.72. The maximum atomic E-state index is 12.9. The van der Waals surface area contributed by atoms with E-state index in [0.29, 0.717) is 17.4 Å². The summed E-state index contributed by atoms with van der Waals surface area (Å²) in [5.74, 6) is -0.248. The fourth-order valence-electron chi connectivity index (χ4n) is 2.47. The molecule has 2 heterocycles. The summed E-state index contributed by atoms with van der Waals surface area (Å²) in [6.07, 6.45) is -2.92. The fourth-order valence-corrected chi connectivity index (χ4v) is 3.11. The van der Waals surface area contributed by atoms with Crippen molar-refractivity contribution < 1.29 is 18.0 Å². The lowest BCUT2D eigenvalue weighted by Crippen LogP contribution is -2.21. The van der Waals surface area contributed by atoms with E-state index in [1.54, 1.807) is 29.1 Å². The second-order valence-electron chi connectivity index (χ2n) is 5.98. The molecule has 3 rings (SSSR count). The maximum absolute atomic E-state index is 12.9. The van der Waals surface area contributed by atoms with Gasteiger partial charge in [0.2, 0.25) is 5.91 Å². The average molecular weight is 477 g/mol. The first kappa shape index (κ1) is 20.4. The average Bonchev–Trinajstić information content (AvgIpc) is 3.16. The summed E-state index contributed by atoms with van der Waals surface area (Å²) < 4.78 is 41.1. The van der Waals surface area contributed by atoms with Crippen molar-refractivity contribution in [3.63, 3.8) is 0 Å². The number of rotatable bonds is 5. The molecule has 11 heteroatoms. The first-order chi connectivity index (χ1) is 13.1. The van der Waals surface area contributed by atoms with Gasteiger partial charge in [0.05, 0.1) is 16.7 Å². The molecule has 0 aliphatic carbocycles. The van der Waals surface area contributed by atoms with E-state index < -0.39 is 17.8 Å². The quantitative estimate of drug-likeness (QED) is 0.589. The number of nitrogens with one attached hydrogen (secondary N) is 1. The third-order valence-electron chi connectivity index (χ3n) is 3.86. The van der Waals surface area contributed by atoms with E-state index in [4.69, 9.17) is 11.6 Å². The second kappa shape index (κ2) is 7.96. The van der Waals surface area contributed by atoms with Gasteiger partial charge >= 0.3 is 6.18 Å². The van der Waals surface area contributed by atoms with Gasteiger partial charge in [-0.2, -0.15) is 23.4 Å². The molecule has 0 saturated heterocycles. The van der Waals surface area contributed by atoms with Crippen LogP contribution in [0.5, 0.6) is 0 Å². The molecule has 0 unspecified atom stereocenters. The third kappa shape index (κ3) is 4.74. The molecule has 0 saturated carbocycles. The van der Waals surface area contributed by atoms with Gasteiger partial charge in [-0.25, -0.2) is 0 Å². The van der Waals surface area contributed by atoms with Gasteiger partial charge in [0.1, 0.15) is 6.54 Å². The predicted octanol–water partition coefficient (Wildman–Crippen LogP) is 4.51. The van der Waals surface area contributed by atoms with Crippen molar-refractivity contribution in [3.8, 4) is 0 Å². The van der Waals surface area contributed by atoms with Gasteiger partial charge < -0.3 is 5.32 Å². The lowest BCUT2D eigenvalue weighted by atomic mass is 10.2. The molecule has 0 fully saturated rings. The van der Waals surface area contributed by atoms with Crippen LogP contribution in [0.3, 0.4) is 0 Å². The number of anilines is 1. The van der Waals surface area contributed by atoms with Crippen LogP contribution in [-0.4, -0.2) is 25.5 Å². The largest absolute Gasteiger partial charge is 0.436 e. The van der Waals surface area contributed by atoms with Gasteiger partial charge in [-0.15, -0.1) is 0 Å². The summed E-state index contributed by atoms with van der Waals surface area (Å²) in [5.41, 5.74) is 0.114. The Hall–Kier alpha value is -2.33. The normalized spacial score (nSPS) is 11.6. The van der Waals surface area contributed by atoms with Crippen LogP contribution in [-0.2, 0) is 24.1 Å². The number of amides is 1. The Morgan fingerprint density at radius 2 is 1.89 bits per heavy atom. The summed E-state index contributed by atoms with van der Waals surface area (Å²) in [4.78, 5) is 12.2. The lowest BCUT2D eigenvalue weighted by molar-refractivity contribution is -0.142. The molecule has 1 N–H and O–H groups in total. The standard InChI is InChI=1S/C17H14BrClF3N5O/c1-10-15(18)16(17(20,21)22)25-27(10)9-14(28)23-13-6-7-26(24-13)8-11-2-4-12(19)5-3-11/h2-7H,8-9H2,1H3,(H,23,24,28). The maximum Gasteiger partial charge on any atom is 0.436 e. The Morgan fingerprint density at radius 1 is 1.21 bits per heavy atom. The van der Waals surface area contributed by atoms with Crippen molar-refractivity contribution in [2.75, 3.05) is 5.32 Å². The zero-order valence-electron chi connectivity index (χ0n) is 14.5. The van der Waals surface area contributed by atoms with E-state index in [2.05, 4.69) is 31.4 Å². The molecule has 0 bridgehead atoms. The molecular weight excluding hydrogens is 463 g/mol. The Kier molecular flexibility index (Phi) is 5.80. The number of carbonyl (C=O) groups is 1. The van der Waals surface area contributed by atoms with Gasteiger partial charge in [0.15, 0.2) is 11.5 Å². The topological polar surface area (TPSA) is 64.7 Å². The van der Waals surface area contributed by atoms with Crippen LogP contribution in [0, 0.1) is 6.92 Å². The molecule has 148 valence electrons. The Labute approximate surface area is 171 Å². The molecule has 0 radical (unpaired) electrons. The minimum absolute atomic E-state index is 0.181. The molecular formula is C17H14BrClF3N5O. The van der Waals surface area contributed by atoms with Gasteiger partial charge in [-0.3, -0.25) is 14.2 Å². The number of aromatic nitrogens is 4. The molecule has 0 aliphatic heterocycles. The van der Waals surface area contributed by atoms with E-state index in [0.717, 1.165) is 10.2 Å².